The van der Waals surface area contributed by atoms with Crippen molar-refractivity contribution >= 4 is 45.1 Å². The van der Waals surface area contributed by atoms with Crippen LogP contribution in [0.1, 0.15) is 70.6 Å². The average molecular weight is 635 g/mol. The highest BCUT2D eigenvalue weighted by Gasteiger charge is 2.47. The molecule has 0 radical (unpaired) electrons. The highest BCUT2D eigenvalue weighted by Crippen LogP contribution is 2.46. The van der Waals surface area contributed by atoms with Gasteiger partial charge >= 0.3 is 5.97 Å². The molecule has 1 unspecified atom stereocenters. The molecular formula is C33H34N2O9S. The van der Waals surface area contributed by atoms with Crippen molar-refractivity contribution in [3.05, 3.63) is 75.7 Å². The summed E-state index contributed by atoms with van der Waals surface area (Å²) in [4.78, 5) is 46.2. The van der Waals surface area contributed by atoms with Crippen molar-refractivity contribution in [2.75, 3.05) is 32.3 Å². The number of amides is 1. The standard InChI is InChI=1S/C33H34N2O9S/c1-6-8-9-15-43-21-14-13-19(16-23(21)42-7-2)26-25(27(36)24-17-20-11-10-12-22(40-4)29(20)44-24)28(37)31(38)35(26)33-34-18(3)30(45-33)32(39)41-5/h10-14,16-17,26,37H,6-9,15H2,1-5H3. The zero-order valence-electron chi connectivity index (χ0n) is 25.7. The largest absolute Gasteiger partial charge is 0.503 e. The third kappa shape index (κ3) is 5.97. The van der Waals surface area contributed by atoms with Gasteiger partial charge in [0.15, 0.2) is 39.5 Å². The minimum atomic E-state index is -1.15. The van der Waals surface area contributed by atoms with Crippen molar-refractivity contribution in [3.8, 4) is 17.2 Å². The number of Topliss-reactive ketones (excluding diaryl/α,β-unsaturated/α-hetero) is 1. The summed E-state index contributed by atoms with van der Waals surface area (Å²) in [5.41, 5.74) is 0.913. The Hall–Kier alpha value is -4.84. The van der Waals surface area contributed by atoms with E-state index in [0.717, 1.165) is 30.6 Å². The number of nitrogens with zero attached hydrogens (tertiary/aromatic N) is 2. The molecule has 0 saturated carbocycles. The Morgan fingerprint density at radius 2 is 1.84 bits per heavy atom. The lowest BCUT2D eigenvalue weighted by Gasteiger charge is -2.25. The van der Waals surface area contributed by atoms with Crippen LogP contribution < -0.4 is 19.1 Å². The number of benzene rings is 2. The fourth-order valence-corrected chi connectivity index (χ4v) is 6.19. The molecule has 0 saturated heterocycles. The number of ketones is 1. The first-order valence-electron chi connectivity index (χ1n) is 14.6. The second kappa shape index (κ2) is 13.4. The van der Waals surface area contributed by atoms with E-state index in [2.05, 4.69) is 11.9 Å². The Labute approximate surface area is 264 Å². The zero-order valence-corrected chi connectivity index (χ0v) is 26.5. The third-order valence-corrected chi connectivity index (χ3v) is 8.49. The summed E-state index contributed by atoms with van der Waals surface area (Å²) in [7, 11) is 2.74. The Kier molecular flexibility index (Phi) is 9.43. The summed E-state index contributed by atoms with van der Waals surface area (Å²) >= 11 is 0.920. The number of ether oxygens (including phenoxy) is 4. The maximum Gasteiger partial charge on any atom is 0.350 e. The molecule has 2 aromatic heterocycles. The number of para-hydroxylation sites is 1. The minimum absolute atomic E-state index is 0.0952. The molecule has 1 atom stereocenters. The minimum Gasteiger partial charge on any atom is -0.503 e. The first kappa shape index (κ1) is 31.6. The summed E-state index contributed by atoms with van der Waals surface area (Å²) in [6.07, 6.45) is 2.94. The molecule has 236 valence electrons. The number of aliphatic hydroxyl groups excluding tert-OH is 1. The number of methoxy groups -OCH3 is 2. The Morgan fingerprint density at radius 3 is 2.56 bits per heavy atom. The van der Waals surface area contributed by atoms with E-state index in [1.165, 1.54) is 25.2 Å². The van der Waals surface area contributed by atoms with Crippen LogP contribution >= 0.6 is 11.3 Å². The smallest absolute Gasteiger partial charge is 0.350 e. The van der Waals surface area contributed by atoms with E-state index in [-0.39, 0.29) is 21.3 Å². The number of rotatable bonds is 13. The van der Waals surface area contributed by atoms with Gasteiger partial charge in [-0.2, -0.15) is 0 Å². The number of thiazole rings is 1. The highest BCUT2D eigenvalue weighted by atomic mass is 32.1. The lowest BCUT2D eigenvalue weighted by Crippen LogP contribution is -2.31. The van der Waals surface area contributed by atoms with Crippen molar-refractivity contribution < 1.29 is 42.9 Å². The molecule has 1 aliphatic heterocycles. The maximum absolute atomic E-state index is 14.2. The fraction of sp³-hybridized carbons (Fsp3) is 0.333. The first-order valence-corrected chi connectivity index (χ1v) is 15.4. The number of fused-ring (bicyclic) bond motifs is 1. The number of furan rings is 1. The summed E-state index contributed by atoms with van der Waals surface area (Å²) < 4.78 is 28.1. The van der Waals surface area contributed by atoms with E-state index < -0.39 is 29.5 Å². The van der Waals surface area contributed by atoms with Crippen LogP contribution in [0.15, 0.2) is 58.2 Å². The van der Waals surface area contributed by atoms with Gasteiger partial charge in [0.2, 0.25) is 5.78 Å². The van der Waals surface area contributed by atoms with E-state index in [1.807, 2.05) is 6.92 Å². The third-order valence-electron chi connectivity index (χ3n) is 7.36. The number of aryl methyl sites for hydroxylation is 1. The lowest BCUT2D eigenvalue weighted by molar-refractivity contribution is -0.117. The molecule has 11 nitrogen and oxygen atoms in total. The van der Waals surface area contributed by atoms with Gasteiger partial charge in [0, 0.05) is 5.39 Å². The van der Waals surface area contributed by atoms with E-state index in [0.29, 0.717) is 52.7 Å². The molecule has 0 fully saturated rings. The van der Waals surface area contributed by atoms with Crippen LogP contribution in [-0.2, 0) is 9.53 Å². The predicted octanol–water partition coefficient (Wildman–Crippen LogP) is 6.74. The SMILES string of the molecule is CCCCCOc1ccc(C2C(C(=O)c3cc4cccc(OC)c4o3)=C(O)C(=O)N2c2nc(C)c(C(=O)OC)s2)cc1OCC. The second-order valence-electron chi connectivity index (χ2n) is 10.3. The van der Waals surface area contributed by atoms with Gasteiger partial charge in [-0.25, -0.2) is 9.78 Å². The Bertz CT molecular complexity index is 1790. The number of aliphatic hydroxyl groups is 1. The lowest BCUT2D eigenvalue weighted by atomic mass is 9.95. The quantitative estimate of drug-likeness (QED) is 0.0956. The van der Waals surface area contributed by atoms with Crippen LogP contribution in [0.25, 0.3) is 11.0 Å². The monoisotopic (exact) mass is 634 g/mol. The van der Waals surface area contributed by atoms with E-state index in [9.17, 15) is 19.5 Å². The molecule has 3 heterocycles. The van der Waals surface area contributed by atoms with Gasteiger partial charge in [-0.15, -0.1) is 0 Å². The molecule has 1 amide bonds. The average Bonchev–Trinajstić information content (AvgIpc) is 3.73. The van der Waals surface area contributed by atoms with Crippen LogP contribution in [0, 0.1) is 6.92 Å². The summed E-state index contributed by atoms with van der Waals surface area (Å²) in [5.74, 6) is -1.69. The topological polar surface area (TPSA) is 138 Å². The molecule has 0 spiro atoms. The predicted molar refractivity (Wildman–Crippen MR) is 168 cm³/mol. The van der Waals surface area contributed by atoms with Gasteiger partial charge in [0.05, 0.1) is 44.7 Å². The summed E-state index contributed by atoms with van der Waals surface area (Å²) in [6.45, 7) is 6.39. The number of carbonyl (C=O) groups is 3. The molecule has 0 aliphatic carbocycles. The molecule has 1 N–H and O–H groups in total. The molecular weight excluding hydrogens is 600 g/mol. The number of unbranched alkanes of at least 4 members (excludes halogenated alkanes) is 2. The number of carbonyl (C=O) groups excluding carboxylic acids is 3. The van der Waals surface area contributed by atoms with E-state index >= 15 is 0 Å². The van der Waals surface area contributed by atoms with Crippen molar-refractivity contribution in [1.29, 1.82) is 0 Å². The molecule has 4 aromatic rings. The van der Waals surface area contributed by atoms with Crippen molar-refractivity contribution in [1.82, 2.24) is 4.98 Å². The second-order valence-corrected chi connectivity index (χ2v) is 11.2. The number of hydrogen-bond acceptors (Lipinski definition) is 11. The number of aromatic nitrogens is 1. The number of hydrogen-bond donors (Lipinski definition) is 1. The summed E-state index contributed by atoms with van der Waals surface area (Å²) in [6, 6.07) is 10.7. The molecule has 45 heavy (non-hydrogen) atoms. The van der Waals surface area contributed by atoms with Crippen molar-refractivity contribution in [3.63, 3.8) is 0 Å². The number of esters is 1. The first-order chi connectivity index (χ1) is 21.7. The van der Waals surface area contributed by atoms with Gasteiger partial charge < -0.3 is 28.5 Å². The molecule has 5 rings (SSSR count). The normalized spacial score (nSPS) is 14.7. The van der Waals surface area contributed by atoms with Crippen LogP contribution in [0.3, 0.4) is 0 Å². The molecule has 0 bridgehead atoms. The van der Waals surface area contributed by atoms with Crippen LogP contribution in [0.5, 0.6) is 17.2 Å². The van der Waals surface area contributed by atoms with Gasteiger partial charge in [0.25, 0.3) is 5.91 Å². The van der Waals surface area contributed by atoms with Gasteiger partial charge in [-0.05, 0) is 50.1 Å². The molecule has 1 aliphatic rings. The van der Waals surface area contributed by atoms with Gasteiger partial charge in [-0.1, -0.05) is 49.3 Å². The van der Waals surface area contributed by atoms with Crippen molar-refractivity contribution in [2.24, 2.45) is 0 Å². The zero-order chi connectivity index (χ0) is 32.2. The Morgan fingerprint density at radius 1 is 1.04 bits per heavy atom. The van der Waals surface area contributed by atoms with Crippen molar-refractivity contribution in [2.45, 2.75) is 46.1 Å². The van der Waals surface area contributed by atoms with Crippen LogP contribution in [0.4, 0.5) is 5.13 Å². The highest BCUT2D eigenvalue weighted by molar-refractivity contribution is 7.17. The summed E-state index contributed by atoms with van der Waals surface area (Å²) in [5, 5.41) is 12.0. The van der Waals surface area contributed by atoms with Gasteiger partial charge in [-0.3, -0.25) is 14.5 Å². The van der Waals surface area contributed by atoms with Crippen LogP contribution in [0.2, 0.25) is 0 Å². The number of anilines is 1. The van der Waals surface area contributed by atoms with E-state index in [1.54, 1.807) is 43.3 Å². The fourth-order valence-electron chi connectivity index (χ4n) is 5.18. The molecule has 12 heteroatoms. The Balaban J connectivity index is 1.64. The van der Waals surface area contributed by atoms with Gasteiger partial charge in [0.1, 0.15) is 4.88 Å². The maximum atomic E-state index is 14.2. The molecule has 2 aromatic carbocycles. The van der Waals surface area contributed by atoms with E-state index in [4.69, 9.17) is 23.4 Å². The van der Waals surface area contributed by atoms with Crippen LogP contribution in [-0.4, -0.2) is 55.2 Å².